The smallest absolute Gasteiger partial charge is 0.171 e. The standard InChI is InChI=1S/C11H17FN2O2/c1-11(2,16)7-14(3)10-9(12)8(6-15)4-5-13-10/h4-5,15-16H,6-7H2,1-3H3. The Morgan fingerprint density at radius 2 is 2.12 bits per heavy atom. The van der Waals surface area contributed by atoms with Crippen LogP contribution < -0.4 is 4.90 Å². The fourth-order valence-corrected chi connectivity index (χ4v) is 1.51. The summed E-state index contributed by atoms with van der Waals surface area (Å²) < 4.78 is 13.8. The summed E-state index contributed by atoms with van der Waals surface area (Å²) in [7, 11) is 1.64. The minimum atomic E-state index is -0.932. The van der Waals surface area contributed by atoms with Crippen molar-refractivity contribution >= 4 is 5.82 Å². The molecule has 0 atom stereocenters. The Morgan fingerprint density at radius 1 is 1.50 bits per heavy atom. The molecule has 0 saturated heterocycles. The first kappa shape index (κ1) is 12.9. The fraction of sp³-hybridized carbons (Fsp3) is 0.545. The van der Waals surface area contributed by atoms with Crippen molar-refractivity contribution in [2.45, 2.75) is 26.1 Å². The number of halogens is 1. The number of anilines is 1. The number of aliphatic hydroxyl groups is 2. The lowest BCUT2D eigenvalue weighted by atomic mass is 10.1. The topological polar surface area (TPSA) is 56.6 Å². The summed E-state index contributed by atoms with van der Waals surface area (Å²) in [5.41, 5.74) is -0.731. The molecule has 16 heavy (non-hydrogen) atoms. The molecule has 0 aliphatic rings. The molecular weight excluding hydrogens is 211 g/mol. The summed E-state index contributed by atoms with van der Waals surface area (Å²) >= 11 is 0. The van der Waals surface area contributed by atoms with E-state index in [2.05, 4.69) is 4.98 Å². The SMILES string of the molecule is CN(CC(C)(C)O)c1nccc(CO)c1F. The largest absolute Gasteiger partial charge is 0.392 e. The Labute approximate surface area is 94.4 Å². The third-order valence-electron chi connectivity index (χ3n) is 2.11. The van der Waals surface area contributed by atoms with Gasteiger partial charge in [0.25, 0.3) is 0 Å². The van der Waals surface area contributed by atoms with Gasteiger partial charge in [0.2, 0.25) is 0 Å². The van der Waals surface area contributed by atoms with Gasteiger partial charge in [-0.3, -0.25) is 0 Å². The lowest BCUT2D eigenvalue weighted by molar-refractivity contribution is 0.0883. The molecule has 2 N–H and O–H groups in total. The van der Waals surface area contributed by atoms with Crippen molar-refractivity contribution < 1.29 is 14.6 Å². The molecule has 4 nitrogen and oxygen atoms in total. The third-order valence-corrected chi connectivity index (χ3v) is 2.11. The summed E-state index contributed by atoms with van der Waals surface area (Å²) in [6, 6.07) is 1.43. The summed E-state index contributed by atoms with van der Waals surface area (Å²) in [6.07, 6.45) is 1.44. The van der Waals surface area contributed by atoms with Gasteiger partial charge in [0, 0.05) is 25.4 Å². The monoisotopic (exact) mass is 228 g/mol. The molecule has 1 heterocycles. The van der Waals surface area contributed by atoms with Crippen molar-refractivity contribution in [1.82, 2.24) is 4.98 Å². The molecule has 1 rings (SSSR count). The Hall–Kier alpha value is -1.20. The molecule has 0 saturated carbocycles. The van der Waals surface area contributed by atoms with Gasteiger partial charge in [-0.05, 0) is 19.9 Å². The molecule has 0 bridgehead atoms. The van der Waals surface area contributed by atoms with Crippen LogP contribution in [0.3, 0.4) is 0 Å². The van der Waals surface area contributed by atoms with E-state index in [0.29, 0.717) is 0 Å². The minimum Gasteiger partial charge on any atom is -0.392 e. The molecule has 0 aromatic carbocycles. The molecule has 0 radical (unpaired) electrons. The van der Waals surface area contributed by atoms with E-state index in [-0.39, 0.29) is 24.5 Å². The Morgan fingerprint density at radius 3 is 2.62 bits per heavy atom. The van der Waals surface area contributed by atoms with Crippen molar-refractivity contribution in [3.05, 3.63) is 23.6 Å². The number of pyridine rings is 1. The maximum atomic E-state index is 13.8. The van der Waals surface area contributed by atoms with E-state index in [9.17, 15) is 9.50 Å². The number of aliphatic hydroxyl groups excluding tert-OH is 1. The number of likely N-dealkylation sites (N-methyl/N-ethyl adjacent to an activating group) is 1. The van der Waals surface area contributed by atoms with Crippen LogP contribution >= 0.6 is 0 Å². The number of hydrogen-bond acceptors (Lipinski definition) is 4. The van der Waals surface area contributed by atoms with Gasteiger partial charge in [-0.1, -0.05) is 0 Å². The summed E-state index contributed by atoms with van der Waals surface area (Å²) in [5.74, 6) is -0.412. The van der Waals surface area contributed by atoms with Gasteiger partial charge in [0.05, 0.1) is 12.2 Å². The molecule has 0 aliphatic carbocycles. The number of hydrogen-bond donors (Lipinski definition) is 2. The van der Waals surface area contributed by atoms with Crippen LogP contribution in [0.25, 0.3) is 0 Å². The zero-order valence-corrected chi connectivity index (χ0v) is 9.74. The number of aromatic nitrogens is 1. The molecular formula is C11H17FN2O2. The van der Waals surface area contributed by atoms with Crippen LogP contribution in [0.5, 0.6) is 0 Å². The van der Waals surface area contributed by atoms with E-state index in [4.69, 9.17) is 5.11 Å². The second-order valence-corrected chi connectivity index (χ2v) is 4.43. The predicted molar refractivity (Wildman–Crippen MR) is 59.7 cm³/mol. The second kappa shape index (κ2) is 4.76. The van der Waals surface area contributed by atoms with Crippen LogP contribution in [-0.4, -0.2) is 34.4 Å². The number of nitrogens with zero attached hydrogens (tertiary/aromatic N) is 2. The molecule has 5 heteroatoms. The molecule has 0 unspecified atom stereocenters. The first-order valence-electron chi connectivity index (χ1n) is 5.03. The zero-order valence-electron chi connectivity index (χ0n) is 9.74. The lowest BCUT2D eigenvalue weighted by Crippen LogP contribution is -2.37. The van der Waals surface area contributed by atoms with Crippen LogP contribution in [0.4, 0.5) is 10.2 Å². The summed E-state index contributed by atoms with van der Waals surface area (Å²) in [5, 5.41) is 18.5. The lowest BCUT2D eigenvalue weighted by Gasteiger charge is -2.26. The fourth-order valence-electron chi connectivity index (χ4n) is 1.51. The van der Waals surface area contributed by atoms with Crippen LogP contribution in [0.2, 0.25) is 0 Å². The highest BCUT2D eigenvalue weighted by Crippen LogP contribution is 2.19. The van der Waals surface area contributed by atoms with Crippen molar-refractivity contribution in [1.29, 1.82) is 0 Å². The quantitative estimate of drug-likeness (QED) is 0.804. The molecule has 0 aliphatic heterocycles. The summed E-state index contributed by atoms with van der Waals surface area (Å²) in [6.45, 7) is 3.16. The maximum absolute atomic E-state index is 13.8. The van der Waals surface area contributed by atoms with Crippen LogP contribution in [-0.2, 0) is 6.61 Å². The van der Waals surface area contributed by atoms with Crippen molar-refractivity contribution in [3.63, 3.8) is 0 Å². The van der Waals surface area contributed by atoms with Gasteiger partial charge in [0.15, 0.2) is 11.6 Å². The normalized spacial score (nSPS) is 11.6. The highest BCUT2D eigenvalue weighted by molar-refractivity contribution is 5.42. The first-order chi connectivity index (χ1) is 7.35. The Bertz CT molecular complexity index is 363. The second-order valence-electron chi connectivity index (χ2n) is 4.43. The average Bonchev–Trinajstić information content (AvgIpc) is 2.15. The molecule has 0 spiro atoms. The van der Waals surface area contributed by atoms with Crippen LogP contribution in [0.15, 0.2) is 12.3 Å². The van der Waals surface area contributed by atoms with Gasteiger partial charge >= 0.3 is 0 Å². The Balaban J connectivity index is 2.95. The third kappa shape index (κ3) is 3.15. The van der Waals surface area contributed by atoms with Gasteiger partial charge in [-0.2, -0.15) is 0 Å². The van der Waals surface area contributed by atoms with Gasteiger partial charge < -0.3 is 15.1 Å². The predicted octanol–water partition coefficient (Wildman–Crippen LogP) is 0.920. The van der Waals surface area contributed by atoms with E-state index >= 15 is 0 Å². The van der Waals surface area contributed by atoms with Gasteiger partial charge in [-0.15, -0.1) is 0 Å². The molecule has 1 aromatic heterocycles. The highest BCUT2D eigenvalue weighted by atomic mass is 19.1. The Kier molecular flexibility index (Phi) is 3.83. The van der Waals surface area contributed by atoms with Gasteiger partial charge in [0.1, 0.15) is 0 Å². The van der Waals surface area contributed by atoms with Gasteiger partial charge in [-0.25, -0.2) is 9.37 Å². The number of rotatable bonds is 4. The van der Waals surface area contributed by atoms with E-state index < -0.39 is 11.4 Å². The first-order valence-corrected chi connectivity index (χ1v) is 5.03. The average molecular weight is 228 g/mol. The molecule has 90 valence electrons. The van der Waals surface area contributed by atoms with Crippen LogP contribution in [0, 0.1) is 5.82 Å². The highest BCUT2D eigenvalue weighted by Gasteiger charge is 2.19. The van der Waals surface area contributed by atoms with Crippen molar-refractivity contribution in [2.75, 3.05) is 18.5 Å². The van der Waals surface area contributed by atoms with Crippen LogP contribution in [0.1, 0.15) is 19.4 Å². The van der Waals surface area contributed by atoms with Crippen molar-refractivity contribution in [2.24, 2.45) is 0 Å². The van der Waals surface area contributed by atoms with E-state index in [1.807, 2.05) is 0 Å². The zero-order chi connectivity index (χ0) is 12.3. The van der Waals surface area contributed by atoms with Crippen molar-refractivity contribution in [3.8, 4) is 0 Å². The molecule has 0 amide bonds. The summed E-state index contributed by atoms with van der Waals surface area (Å²) in [4.78, 5) is 5.42. The molecule has 1 aromatic rings. The minimum absolute atomic E-state index is 0.133. The van der Waals surface area contributed by atoms with E-state index in [1.54, 1.807) is 20.9 Å². The molecule has 0 fully saturated rings. The maximum Gasteiger partial charge on any atom is 0.171 e. The van der Waals surface area contributed by atoms with E-state index in [0.717, 1.165) is 0 Å². The van der Waals surface area contributed by atoms with E-state index in [1.165, 1.54) is 17.2 Å².